The average molecular weight is 1920 g/mol. The largest absolute Gasteiger partial charge is 0.455 e. The van der Waals surface area contributed by atoms with Gasteiger partial charge in [-0.15, -0.1) is 11.3 Å². The molecule has 692 valence electrons. The quantitative estimate of drug-likeness (QED) is 0.114. The molecule has 0 aliphatic heterocycles. The molecule has 0 bridgehead atoms. The van der Waals surface area contributed by atoms with Crippen LogP contribution in [-0.4, -0.2) is 44.9 Å². The summed E-state index contributed by atoms with van der Waals surface area (Å²) < 4.78 is 15.7. The van der Waals surface area contributed by atoms with Gasteiger partial charge in [0, 0.05) is 135 Å². The smallest absolute Gasteiger partial charge is 0.147 e. The first-order chi connectivity index (χ1) is 73.8. The van der Waals surface area contributed by atoms with Crippen molar-refractivity contribution in [1.82, 2.24) is 44.9 Å². The third kappa shape index (κ3) is 15.1. The van der Waals surface area contributed by atoms with Gasteiger partial charge in [0.05, 0.1) is 112 Å². The number of para-hydroxylation sites is 3. The molecule has 0 atom stereocenters. The zero-order valence-electron chi connectivity index (χ0n) is 80.0. The minimum atomic E-state index is 0.849. The molecule has 0 fully saturated rings. The molecule has 0 aliphatic rings. The molecular weight excluding hydrogens is 1840 g/mol. The molecule has 0 aliphatic carbocycles. The van der Waals surface area contributed by atoms with E-state index in [4.69, 9.17) is 53.7 Å². The van der Waals surface area contributed by atoms with Crippen LogP contribution in [-0.2, 0) is 0 Å². The zero-order chi connectivity index (χ0) is 98.1. The van der Waals surface area contributed by atoms with Gasteiger partial charge in [0.1, 0.15) is 22.3 Å². The number of aromatic nitrogens is 9. The highest BCUT2D eigenvalue weighted by Crippen LogP contribution is 2.49. The summed E-state index contributed by atoms with van der Waals surface area (Å²) in [6.45, 7) is 0. The number of pyridine rings is 9. The minimum absolute atomic E-state index is 0.849. The van der Waals surface area contributed by atoms with E-state index in [0.717, 1.165) is 260 Å². The van der Waals surface area contributed by atoms with Crippen molar-refractivity contribution in [2.24, 2.45) is 0 Å². The Labute approximate surface area is 857 Å². The topological polar surface area (TPSA) is 142 Å². The van der Waals surface area contributed by atoms with Crippen molar-refractivity contribution in [2.75, 3.05) is 0 Å². The van der Waals surface area contributed by atoms with E-state index in [9.17, 15) is 0 Å². The lowest BCUT2D eigenvalue weighted by Gasteiger charge is -2.13. The normalized spacial score (nSPS) is 11.8. The summed E-state index contributed by atoms with van der Waals surface area (Å²) in [7, 11) is 0. The number of furan rings is 2. The fourth-order valence-corrected chi connectivity index (χ4v) is 23.1. The predicted octanol–water partition coefficient (Wildman–Crippen LogP) is 36.8. The van der Waals surface area contributed by atoms with Gasteiger partial charge in [-0.1, -0.05) is 413 Å². The predicted molar refractivity (Wildman–Crippen MR) is 619 cm³/mol. The summed E-state index contributed by atoms with van der Waals surface area (Å²) in [5, 5.41) is 21.2. The SMILES string of the molecule is c1ccc(-c2ccc3c(c2)nc(-c2ccc(-c4ccc5ccc6ccc(-c7ccccc7)nc6c5n4)cc2)c2c4ccccc4oc32)cc1.c1ccc(-c2ccc3ccc4ccc(-c5ccc(-c6nc7c(-c8cccc9ccccc89)cccc7c7oc8ccccc8c67)cc5)nc4c3n2)cc1.c1ccc(-c2ccc3ccc4ccc(-c5ccc(-c6nc7ccc8ccccc8c7c7sc8ccccc8c67)cc5)nc4c3n2)cc1. The fraction of sp³-hybridized carbons (Fsp3) is 0. The van der Waals surface area contributed by atoms with Crippen LogP contribution >= 0.6 is 11.3 Å². The van der Waals surface area contributed by atoms with Crippen LogP contribution in [0.25, 0.3) is 307 Å². The highest BCUT2D eigenvalue weighted by molar-refractivity contribution is 7.27. The molecule has 0 radical (unpaired) electrons. The second-order valence-corrected chi connectivity index (χ2v) is 39.0. The number of fused-ring (bicyclic) bond motifs is 27. The molecule has 0 saturated heterocycles. The van der Waals surface area contributed by atoms with Gasteiger partial charge >= 0.3 is 0 Å². The molecule has 11 nitrogen and oxygen atoms in total. The Morgan fingerprint density at radius 2 is 0.477 bits per heavy atom. The second kappa shape index (κ2) is 35.7. The first-order valence-corrected chi connectivity index (χ1v) is 50.9. The molecular formula is C137H81N9O2S. The van der Waals surface area contributed by atoms with Gasteiger partial charge in [-0.05, 0) is 117 Å². The number of rotatable bonds is 11. The summed E-state index contributed by atoms with van der Waals surface area (Å²) in [5.41, 5.74) is 34.1. The number of nitrogens with zero attached hydrogens (tertiary/aromatic N) is 9. The number of hydrogen-bond acceptors (Lipinski definition) is 12. The highest BCUT2D eigenvalue weighted by atomic mass is 32.1. The number of hydrogen-bond donors (Lipinski definition) is 0. The van der Waals surface area contributed by atoms with Gasteiger partial charge < -0.3 is 8.83 Å². The summed E-state index contributed by atoms with van der Waals surface area (Å²) in [6.07, 6.45) is 0. The molecule has 149 heavy (non-hydrogen) atoms. The molecule has 31 aromatic rings. The van der Waals surface area contributed by atoms with Gasteiger partial charge in [-0.25, -0.2) is 44.9 Å². The minimum Gasteiger partial charge on any atom is -0.455 e. The lowest BCUT2D eigenvalue weighted by Crippen LogP contribution is -1.93. The van der Waals surface area contributed by atoms with Crippen molar-refractivity contribution in [3.05, 3.63) is 491 Å². The Kier molecular flexibility index (Phi) is 20.6. The van der Waals surface area contributed by atoms with Crippen LogP contribution in [0.15, 0.2) is 500 Å². The summed E-state index contributed by atoms with van der Waals surface area (Å²) in [4.78, 5) is 47.0. The maximum atomic E-state index is 6.66. The third-order valence-electron chi connectivity index (χ3n) is 29.2. The monoisotopic (exact) mass is 1920 g/mol. The van der Waals surface area contributed by atoms with E-state index in [1.165, 1.54) is 47.1 Å². The molecule has 0 unspecified atom stereocenters. The molecule has 12 aromatic heterocycles. The van der Waals surface area contributed by atoms with Crippen LogP contribution in [0.3, 0.4) is 0 Å². The Morgan fingerprint density at radius 3 is 0.940 bits per heavy atom. The standard InChI is InChI=1S/C49H29N3O.C45H27N3O.C43H25N3S/c1-2-11-31(12-3-1)41-28-26-34-24-25-35-27-29-42(51-47(35)46(34)50-41)32-20-22-33(23-21-32)45-44-39-15-6-7-19-43(39)53-49(44)40-18-9-17-38(48(40)52-45)37-16-8-13-30-10-4-5-14-36(30)37;1-3-9-28(10-4-1)34-21-24-35-39(27-34)48-42(41-36-13-7-8-14-40(36)49-45(35)41)31-17-15-30(16-18-31)38-26-23-33-20-19-32-22-25-37(29-11-5-2-6-12-29)46-43(32)44(33)47-38;1-2-9-27(10-3-1)34-23-21-30-18-19-31-22-24-35(45-42(31)41(30)44-34)28-14-16-29(17-15-28)40-39-33-12-6-7-13-37(33)47-43(39)38-32-11-5-4-8-26(32)20-25-36(38)46-40/h1-29H;1-27H;1-25H. The van der Waals surface area contributed by atoms with E-state index in [-0.39, 0.29) is 0 Å². The molecule has 0 spiro atoms. The van der Waals surface area contributed by atoms with E-state index in [1.54, 1.807) is 0 Å². The summed E-state index contributed by atoms with van der Waals surface area (Å²) in [5.74, 6) is 0. The van der Waals surface area contributed by atoms with Crippen LogP contribution in [0.5, 0.6) is 0 Å². The molecule has 0 saturated carbocycles. The summed E-state index contributed by atoms with van der Waals surface area (Å²) in [6, 6.07) is 171. The third-order valence-corrected chi connectivity index (χ3v) is 30.3. The van der Waals surface area contributed by atoms with E-state index in [2.05, 4.69) is 406 Å². The van der Waals surface area contributed by atoms with Gasteiger partial charge in [0.2, 0.25) is 0 Å². The maximum absolute atomic E-state index is 6.66. The van der Waals surface area contributed by atoms with Crippen molar-refractivity contribution in [3.63, 3.8) is 0 Å². The summed E-state index contributed by atoms with van der Waals surface area (Å²) >= 11 is 1.86. The van der Waals surface area contributed by atoms with Crippen LogP contribution in [0.1, 0.15) is 0 Å². The average Bonchev–Trinajstić information content (AvgIpc) is 1.60. The molecule has 0 N–H and O–H groups in total. The Morgan fingerprint density at radius 1 is 0.161 bits per heavy atom. The van der Waals surface area contributed by atoms with Crippen molar-refractivity contribution in [1.29, 1.82) is 0 Å². The van der Waals surface area contributed by atoms with Crippen molar-refractivity contribution in [3.8, 4) is 124 Å². The molecule has 31 rings (SSSR count). The van der Waals surface area contributed by atoms with Gasteiger partial charge in [0.25, 0.3) is 0 Å². The number of benzene rings is 19. The van der Waals surface area contributed by atoms with E-state index in [1.807, 2.05) is 96.3 Å². The Hall–Kier alpha value is -19.8. The number of thiophene rings is 1. The lowest BCUT2D eigenvalue weighted by molar-refractivity contribution is 0.672. The van der Waals surface area contributed by atoms with E-state index < -0.39 is 0 Å². The maximum Gasteiger partial charge on any atom is 0.147 e. The van der Waals surface area contributed by atoms with Crippen LogP contribution in [0.2, 0.25) is 0 Å². The van der Waals surface area contributed by atoms with Gasteiger partial charge in [-0.3, -0.25) is 0 Å². The van der Waals surface area contributed by atoms with Gasteiger partial charge in [-0.2, -0.15) is 0 Å². The lowest BCUT2D eigenvalue weighted by atomic mass is 9.94. The zero-order valence-corrected chi connectivity index (χ0v) is 80.8. The highest BCUT2D eigenvalue weighted by Gasteiger charge is 2.26. The first-order valence-electron chi connectivity index (χ1n) is 50.1. The molecule has 12 heteroatoms. The van der Waals surface area contributed by atoms with Crippen LogP contribution in [0.4, 0.5) is 0 Å². The van der Waals surface area contributed by atoms with Crippen molar-refractivity contribution in [2.45, 2.75) is 0 Å². The van der Waals surface area contributed by atoms with Crippen molar-refractivity contribution >= 4 is 195 Å². The van der Waals surface area contributed by atoms with E-state index >= 15 is 0 Å². The first kappa shape index (κ1) is 85.9. The van der Waals surface area contributed by atoms with Crippen LogP contribution < -0.4 is 0 Å². The van der Waals surface area contributed by atoms with E-state index in [0.29, 0.717) is 0 Å². The molecule has 12 heterocycles. The fourth-order valence-electron chi connectivity index (χ4n) is 21.8. The second-order valence-electron chi connectivity index (χ2n) is 37.9. The van der Waals surface area contributed by atoms with Crippen molar-refractivity contribution < 1.29 is 8.83 Å². The molecule has 0 amide bonds. The molecule has 19 aromatic carbocycles. The van der Waals surface area contributed by atoms with Crippen LogP contribution in [0, 0.1) is 0 Å². The Balaban J connectivity index is 0.000000105. The Bertz CT molecular complexity index is 10900. The van der Waals surface area contributed by atoms with Gasteiger partial charge in [0.15, 0.2) is 0 Å².